The normalized spacial score (nSPS) is 23.4. The number of nitrogens with one attached hydrogen (secondary N) is 1. The predicted octanol–water partition coefficient (Wildman–Crippen LogP) is 2.21. The number of rotatable bonds is 6. The summed E-state index contributed by atoms with van der Waals surface area (Å²) in [5.74, 6) is 1.66. The fourth-order valence-corrected chi connectivity index (χ4v) is 5.36. The highest BCUT2D eigenvalue weighted by Gasteiger charge is 2.43. The van der Waals surface area contributed by atoms with Crippen molar-refractivity contribution in [2.24, 2.45) is 0 Å². The molecule has 2 unspecified atom stereocenters. The summed E-state index contributed by atoms with van der Waals surface area (Å²) in [5, 5.41) is 12.6. The number of fused-ring (bicyclic) bond motifs is 2. The molecule has 0 radical (unpaired) electrons. The summed E-state index contributed by atoms with van der Waals surface area (Å²) >= 11 is 0. The molecular formula is C24H28N6O2. The lowest BCUT2D eigenvalue weighted by molar-refractivity contribution is -0.131. The van der Waals surface area contributed by atoms with Crippen molar-refractivity contribution in [2.75, 3.05) is 31.6 Å². The topological polar surface area (TPSA) is 94.4 Å². The van der Waals surface area contributed by atoms with Crippen LogP contribution in [0.15, 0.2) is 36.7 Å². The van der Waals surface area contributed by atoms with E-state index in [1.807, 2.05) is 29.2 Å². The zero-order valence-corrected chi connectivity index (χ0v) is 18.3. The number of anilines is 1. The van der Waals surface area contributed by atoms with E-state index in [9.17, 15) is 4.79 Å². The Hall–Kier alpha value is -3.18. The number of methoxy groups -OCH3 is 1. The van der Waals surface area contributed by atoms with Crippen LogP contribution >= 0.6 is 0 Å². The number of ether oxygens (including phenoxy) is 1. The zero-order chi connectivity index (χ0) is 22.1. The quantitative estimate of drug-likeness (QED) is 0.748. The Morgan fingerprint density at radius 1 is 1.25 bits per heavy atom. The lowest BCUT2D eigenvalue weighted by Crippen LogP contribution is -2.58. The van der Waals surface area contributed by atoms with E-state index in [1.54, 1.807) is 19.5 Å². The van der Waals surface area contributed by atoms with Crippen LogP contribution < -0.4 is 15.0 Å². The average molecular weight is 433 g/mol. The van der Waals surface area contributed by atoms with Crippen LogP contribution in [-0.2, 0) is 10.3 Å². The highest BCUT2D eigenvalue weighted by molar-refractivity contribution is 5.79. The SMILES string of the molecule is COc1cc(C2(NCC(=O)N3CC4CCC(C3)N4c3ccc(C#N)cn3)CCC2)ccn1. The minimum Gasteiger partial charge on any atom is -0.481 e. The Labute approximate surface area is 188 Å². The van der Waals surface area contributed by atoms with Crippen molar-refractivity contribution in [2.45, 2.75) is 49.7 Å². The van der Waals surface area contributed by atoms with Crippen molar-refractivity contribution in [1.29, 1.82) is 5.26 Å². The average Bonchev–Trinajstić information content (AvgIpc) is 3.07. The Morgan fingerprint density at radius 3 is 2.62 bits per heavy atom. The second kappa shape index (κ2) is 8.40. The van der Waals surface area contributed by atoms with E-state index >= 15 is 0 Å². The largest absolute Gasteiger partial charge is 0.481 e. The van der Waals surface area contributed by atoms with Gasteiger partial charge in [0.15, 0.2) is 0 Å². The van der Waals surface area contributed by atoms with Crippen molar-refractivity contribution in [3.8, 4) is 11.9 Å². The van der Waals surface area contributed by atoms with E-state index in [2.05, 4.69) is 26.3 Å². The summed E-state index contributed by atoms with van der Waals surface area (Å²) in [6.07, 6.45) is 8.68. The molecule has 8 nitrogen and oxygen atoms in total. The minimum absolute atomic E-state index is 0.154. The summed E-state index contributed by atoms with van der Waals surface area (Å²) < 4.78 is 5.29. The van der Waals surface area contributed by atoms with Gasteiger partial charge in [0.05, 0.1) is 19.2 Å². The van der Waals surface area contributed by atoms with E-state index in [0.29, 0.717) is 18.0 Å². The van der Waals surface area contributed by atoms with Gasteiger partial charge in [-0.3, -0.25) is 10.1 Å². The fourth-order valence-electron chi connectivity index (χ4n) is 5.36. The molecule has 1 saturated carbocycles. The number of amides is 1. The monoisotopic (exact) mass is 432 g/mol. The van der Waals surface area contributed by atoms with E-state index in [1.165, 1.54) is 0 Å². The van der Waals surface area contributed by atoms with Gasteiger partial charge in [-0.25, -0.2) is 9.97 Å². The number of hydrogen-bond acceptors (Lipinski definition) is 7. The van der Waals surface area contributed by atoms with Crippen molar-refractivity contribution < 1.29 is 9.53 Å². The number of hydrogen-bond donors (Lipinski definition) is 1. The van der Waals surface area contributed by atoms with Crippen LogP contribution in [-0.4, -0.2) is 59.6 Å². The second-order valence-corrected chi connectivity index (χ2v) is 8.98. The van der Waals surface area contributed by atoms with E-state index in [-0.39, 0.29) is 23.5 Å². The number of aromatic nitrogens is 2. The Morgan fingerprint density at radius 2 is 2.03 bits per heavy atom. The van der Waals surface area contributed by atoms with Crippen LogP contribution in [0.4, 0.5) is 5.82 Å². The van der Waals surface area contributed by atoms with Gasteiger partial charge < -0.3 is 14.5 Å². The first kappa shape index (κ1) is 20.7. The summed E-state index contributed by atoms with van der Waals surface area (Å²) in [6.45, 7) is 1.77. The lowest BCUT2D eigenvalue weighted by atomic mass is 9.72. The molecule has 1 N–H and O–H groups in total. The highest BCUT2D eigenvalue weighted by Crippen LogP contribution is 2.42. The first-order chi connectivity index (χ1) is 15.6. The third-order valence-electron chi connectivity index (χ3n) is 7.26. The smallest absolute Gasteiger partial charge is 0.236 e. The molecule has 3 fully saturated rings. The van der Waals surface area contributed by atoms with Crippen LogP contribution in [0.1, 0.15) is 43.2 Å². The predicted molar refractivity (Wildman–Crippen MR) is 119 cm³/mol. The maximum absolute atomic E-state index is 13.1. The summed E-state index contributed by atoms with van der Waals surface area (Å²) in [5.41, 5.74) is 1.54. The first-order valence-corrected chi connectivity index (χ1v) is 11.3. The second-order valence-electron chi connectivity index (χ2n) is 8.98. The molecule has 2 atom stereocenters. The van der Waals surface area contributed by atoms with Crippen LogP contribution in [0.3, 0.4) is 0 Å². The lowest BCUT2D eigenvalue weighted by Gasteiger charge is -2.45. The van der Waals surface area contributed by atoms with Gasteiger partial charge in [0.1, 0.15) is 11.9 Å². The third-order valence-corrected chi connectivity index (χ3v) is 7.26. The molecule has 8 heteroatoms. The van der Waals surface area contributed by atoms with Crippen LogP contribution in [0.5, 0.6) is 5.88 Å². The number of nitrogens with zero attached hydrogens (tertiary/aromatic N) is 5. The molecule has 4 heterocycles. The standard InChI is InChI=1S/C24H28N6O2/c1-32-22-11-18(7-10-26-22)24(8-2-9-24)28-14-23(31)29-15-19-4-5-20(16-29)30(19)21-6-3-17(12-25)13-27-21/h3,6-7,10-11,13,19-20,28H,2,4-5,8-9,14-16H2,1H3. The fraction of sp³-hybridized carbons (Fsp3) is 0.500. The van der Waals surface area contributed by atoms with Gasteiger partial charge in [-0.1, -0.05) is 0 Å². The van der Waals surface area contributed by atoms with Crippen LogP contribution in [0, 0.1) is 11.3 Å². The zero-order valence-electron chi connectivity index (χ0n) is 18.3. The number of nitriles is 1. The van der Waals surface area contributed by atoms with Gasteiger partial charge >= 0.3 is 0 Å². The van der Waals surface area contributed by atoms with E-state index in [0.717, 1.165) is 56.6 Å². The van der Waals surface area contributed by atoms with Crippen LogP contribution in [0.2, 0.25) is 0 Å². The number of piperazine rings is 1. The number of pyridine rings is 2. The molecule has 2 aromatic rings. The number of likely N-dealkylation sites (tertiary alicyclic amines) is 1. The third kappa shape index (κ3) is 3.67. The summed E-state index contributed by atoms with van der Waals surface area (Å²) in [7, 11) is 1.62. The Kier molecular flexibility index (Phi) is 5.43. The summed E-state index contributed by atoms with van der Waals surface area (Å²) in [4.78, 5) is 26.2. The van der Waals surface area contributed by atoms with Gasteiger partial charge in [-0.2, -0.15) is 5.26 Å². The Bertz CT molecular complexity index is 1020. The van der Waals surface area contributed by atoms with Crippen molar-refractivity contribution in [3.63, 3.8) is 0 Å². The van der Waals surface area contributed by atoms with Crippen molar-refractivity contribution in [1.82, 2.24) is 20.2 Å². The van der Waals surface area contributed by atoms with E-state index in [4.69, 9.17) is 10.00 Å². The van der Waals surface area contributed by atoms with E-state index < -0.39 is 0 Å². The van der Waals surface area contributed by atoms with Crippen molar-refractivity contribution >= 4 is 11.7 Å². The maximum atomic E-state index is 13.1. The molecule has 5 rings (SSSR count). The first-order valence-electron chi connectivity index (χ1n) is 11.3. The number of carbonyl (C=O) groups is 1. The molecule has 3 aliphatic rings. The van der Waals surface area contributed by atoms with Crippen LogP contribution in [0.25, 0.3) is 0 Å². The Balaban J connectivity index is 1.23. The summed E-state index contributed by atoms with van der Waals surface area (Å²) in [6, 6.07) is 10.4. The molecule has 2 aliphatic heterocycles. The van der Waals surface area contributed by atoms with Gasteiger partial charge in [0.2, 0.25) is 11.8 Å². The molecule has 32 heavy (non-hydrogen) atoms. The molecule has 166 valence electrons. The van der Waals surface area contributed by atoms with Crippen molar-refractivity contribution in [3.05, 3.63) is 47.8 Å². The van der Waals surface area contributed by atoms with Gasteiger partial charge in [0, 0.05) is 49.2 Å². The molecule has 0 spiro atoms. The molecule has 1 amide bonds. The number of carbonyl (C=O) groups excluding carboxylic acids is 1. The van der Waals surface area contributed by atoms with Gasteiger partial charge in [-0.05, 0) is 55.9 Å². The molecular weight excluding hydrogens is 404 g/mol. The molecule has 1 aliphatic carbocycles. The minimum atomic E-state index is -0.168. The molecule has 2 saturated heterocycles. The van der Waals surface area contributed by atoms with Gasteiger partial charge in [-0.15, -0.1) is 0 Å². The molecule has 0 aromatic carbocycles. The highest BCUT2D eigenvalue weighted by atomic mass is 16.5. The molecule has 2 bridgehead atoms. The molecule has 2 aromatic heterocycles. The van der Waals surface area contributed by atoms with Gasteiger partial charge in [0.25, 0.3) is 0 Å². The maximum Gasteiger partial charge on any atom is 0.236 e.